The Hall–Kier alpha value is -1.63. The van der Waals surface area contributed by atoms with Crippen LogP contribution in [0.3, 0.4) is 0 Å². The predicted octanol–water partition coefficient (Wildman–Crippen LogP) is 0.821. The summed E-state index contributed by atoms with van der Waals surface area (Å²) in [5, 5.41) is 3.57. The van der Waals surface area contributed by atoms with Crippen molar-refractivity contribution in [1.29, 1.82) is 0 Å². The molecular weight excluding hydrogens is 212 g/mol. The summed E-state index contributed by atoms with van der Waals surface area (Å²) < 4.78 is 1.74. The van der Waals surface area contributed by atoms with Crippen LogP contribution in [0.1, 0.15) is 0 Å². The van der Waals surface area contributed by atoms with Crippen LogP contribution in [-0.2, 0) is 0 Å². The van der Waals surface area contributed by atoms with E-state index < -0.39 is 0 Å². The first-order valence-electron chi connectivity index (χ1n) is 4.29. The minimum Gasteiger partial charge on any atom is -0.357 e. The average molecular weight is 222 g/mol. The van der Waals surface area contributed by atoms with Crippen LogP contribution in [0.4, 0.5) is 5.95 Å². The number of hydrogen-bond donors (Lipinski definition) is 1. The van der Waals surface area contributed by atoms with Crippen molar-refractivity contribution in [3.05, 3.63) is 18.7 Å². The number of anilines is 1. The van der Waals surface area contributed by atoms with E-state index in [1.807, 2.05) is 6.26 Å². The van der Waals surface area contributed by atoms with Gasteiger partial charge in [0.15, 0.2) is 5.16 Å². The zero-order valence-corrected chi connectivity index (χ0v) is 9.19. The Morgan fingerprint density at radius 1 is 1.33 bits per heavy atom. The lowest BCUT2D eigenvalue weighted by atomic mass is 10.8. The molecule has 2 aromatic rings. The third-order valence-corrected chi connectivity index (χ3v) is 2.29. The molecule has 1 N–H and O–H groups in total. The molecule has 0 saturated heterocycles. The minimum atomic E-state index is 0.554. The van der Waals surface area contributed by atoms with Crippen molar-refractivity contribution in [3.63, 3.8) is 0 Å². The second kappa shape index (κ2) is 4.26. The molecule has 0 fully saturated rings. The Morgan fingerprint density at radius 2 is 2.20 bits per heavy atom. The first kappa shape index (κ1) is 9.91. The van der Waals surface area contributed by atoms with E-state index in [0.29, 0.717) is 17.1 Å². The molecule has 2 aromatic heterocycles. The van der Waals surface area contributed by atoms with Crippen LogP contribution in [0.15, 0.2) is 23.9 Å². The van der Waals surface area contributed by atoms with Crippen molar-refractivity contribution < 1.29 is 0 Å². The maximum absolute atomic E-state index is 4.27. The second-order valence-electron chi connectivity index (χ2n) is 2.67. The standard InChI is InChI=1S/C8H10N6S/c1-9-6-11-7(13-8(12-6)15-2)14-4-3-10-5-14/h3-5H,1-2H3,(H,9,11,12,13). The van der Waals surface area contributed by atoms with Gasteiger partial charge >= 0.3 is 0 Å². The van der Waals surface area contributed by atoms with Gasteiger partial charge in [0.1, 0.15) is 6.33 Å². The van der Waals surface area contributed by atoms with Crippen molar-refractivity contribution in [3.8, 4) is 5.95 Å². The molecule has 2 heterocycles. The van der Waals surface area contributed by atoms with Gasteiger partial charge in [0, 0.05) is 19.4 Å². The van der Waals surface area contributed by atoms with Crippen LogP contribution < -0.4 is 5.32 Å². The average Bonchev–Trinajstić information content (AvgIpc) is 2.81. The number of imidazole rings is 1. The molecule has 6 nitrogen and oxygen atoms in total. The normalized spacial score (nSPS) is 10.3. The number of aromatic nitrogens is 5. The molecule has 0 unspecified atom stereocenters. The van der Waals surface area contributed by atoms with E-state index in [-0.39, 0.29) is 0 Å². The maximum Gasteiger partial charge on any atom is 0.240 e. The maximum atomic E-state index is 4.27. The van der Waals surface area contributed by atoms with E-state index in [1.165, 1.54) is 11.8 Å². The number of rotatable bonds is 3. The lowest BCUT2D eigenvalue weighted by Crippen LogP contribution is -2.06. The molecule has 0 aliphatic rings. The molecule has 7 heteroatoms. The molecule has 0 saturated carbocycles. The van der Waals surface area contributed by atoms with Gasteiger partial charge in [0.2, 0.25) is 11.9 Å². The van der Waals surface area contributed by atoms with E-state index >= 15 is 0 Å². The van der Waals surface area contributed by atoms with Crippen molar-refractivity contribution in [1.82, 2.24) is 24.5 Å². The van der Waals surface area contributed by atoms with Gasteiger partial charge in [-0.25, -0.2) is 4.98 Å². The number of nitrogens with one attached hydrogen (secondary N) is 1. The second-order valence-corrected chi connectivity index (χ2v) is 3.44. The van der Waals surface area contributed by atoms with E-state index in [9.17, 15) is 0 Å². The Balaban J connectivity index is 2.47. The lowest BCUT2D eigenvalue weighted by molar-refractivity contribution is 0.829. The van der Waals surface area contributed by atoms with Gasteiger partial charge in [0.05, 0.1) is 0 Å². The van der Waals surface area contributed by atoms with Gasteiger partial charge in [-0.2, -0.15) is 15.0 Å². The number of hydrogen-bond acceptors (Lipinski definition) is 6. The highest BCUT2D eigenvalue weighted by atomic mass is 32.2. The summed E-state index contributed by atoms with van der Waals surface area (Å²) in [5.74, 6) is 1.12. The van der Waals surface area contributed by atoms with Crippen molar-refractivity contribution >= 4 is 17.7 Å². The third-order valence-electron chi connectivity index (χ3n) is 1.74. The fourth-order valence-electron chi connectivity index (χ4n) is 1.04. The molecule has 0 aliphatic carbocycles. The third kappa shape index (κ3) is 2.07. The van der Waals surface area contributed by atoms with Crippen LogP contribution >= 0.6 is 11.8 Å². The van der Waals surface area contributed by atoms with E-state index in [4.69, 9.17) is 0 Å². The molecule has 0 aliphatic heterocycles. The highest BCUT2D eigenvalue weighted by Gasteiger charge is 2.05. The van der Waals surface area contributed by atoms with Crippen molar-refractivity contribution in [2.45, 2.75) is 5.16 Å². The molecule has 2 rings (SSSR count). The topological polar surface area (TPSA) is 68.5 Å². The summed E-state index contributed by atoms with van der Waals surface area (Å²) in [5.41, 5.74) is 0. The molecule has 78 valence electrons. The van der Waals surface area contributed by atoms with Gasteiger partial charge < -0.3 is 5.32 Å². The predicted molar refractivity (Wildman–Crippen MR) is 58.3 cm³/mol. The fourth-order valence-corrected chi connectivity index (χ4v) is 1.39. The Labute approximate surface area is 91.2 Å². The van der Waals surface area contributed by atoms with E-state index in [0.717, 1.165) is 0 Å². The smallest absolute Gasteiger partial charge is 0.240 e. The lowest BCUT2D eigenvalue weighted by Gasteiger charge is -2.04. The van der Waals surface area contributed by atoms with Crippen LogP contribution in [0.25, 0.3) is 5.95 Å². The first-order valence-corrected chi connectivity index (χ1v) is 5.52. The van der Waals surface area contributed by atoms with Gasteiger partial charge in [-0.05, 0) is 6.26 Å². The van der Waals surface area contributed by atoms with Crippen LogP contribution in [0.5, 0.6) is 0 Å². The van der Waals surface area contributed by atoms with E-state index in [1.54, 1.807) is 30.3 Å². The summed E-state index contributed by atoms with van der Waals surface area (Å²) in [6, 6.07) is 0. The highest BCUT2D eigenvalue weighted by Crippen LogP contribution is 2.12. The van der Waals surface area contributed by atoms with Crippen LogP contribution in [0, 0.1) is 0 Å². The Bertz CT molecular complexity index is 418. The SMILES string of the molecule is CNc1nc(SC)nc(-n2ccnc2)n1. The van der Waals surface area contributed by atoms with Crippen molar-refractivity contribution in [2.75, 3.05) is 18.6 Å². The monoisotopic (exact) mass is 222 g/mol. The molecule has 0 radical (unpaired) electrons. The van der Waals surface area contributed by atoms with Gasteiger partial charge in [-0.1, -0.05) is 11.8 Å². The summed E-state index contributed by atoms with van der Waals surface area (Å²) in [7, 11) is 1.77. The van der Waals surface area contributed by atoms with Gasteiger partial charge in [-0.15, -0.1) is 0 Å². The summed E-state index contributed by atoms with van der Waals surface area (Å²) in [6.45, 7) is 0. The molecular formula is C8H10N6S. The highest BCUT2D eigenvalue weighted by molar-refractivity contribution is 7.98. The largest absolute Gasteiger partial charge is 0.357 e. The molecule has 0 bridgehead atoms. The fraction of sp³-hybridized carbons (Fsp3) is 0.250. The minimum absolute atomic E-state index is 0.554. The number of thioether (sulfide) groups is 1. The zero-order valence-electron chi connectivity index (χ0n) is 8.38. The van der Waals surface area contributed by atoms with Gasteiger partial charge in [-0.3, -0.25) is 4.57 Å². The summed E-state index contributed by atoms with van der Waals surface area (Å²) >= 11 is 1.47. The van der Waals surface area contributed by atoms with Crippen molar-refractivity contribution in [2.24, 2.45) is 0 Å². The van der Waals surface area contributed by atoms with E-state index in [2.05, 4.69) is 25.3 Å². The number of nitrogens with zero attached hydrogens (tertiary/aromatic N) is 5. The Kier molecular flexibility index (Phi) is 2.82. The summed E-state index contributed by atoms with van der Waals surface area (Å²) in [6.07, 6.45) is 7.05. The molecule has 0 aromatic carbocycles. The quantitative estimate of drug-likeness (QED) is 0.775. The molecule has 15 heavy (non-hydrogen) atoms. The van der Waals surface area contributed by atoms with Crippen LogP contribution in [-0.4, -0.2) is 37.8 Å². The zero-order chi connectivity index (χ0) is 10.7. The van der Waals surface area contributed by atoms with Gasteiger partial charge in [0.25, 0.3) is 0 Å². The van der Waals surface area contributed by atoms with Crippen LogP contribution in [0.2, 0.25) is 0 Å². The first-order chi connectivity index (χ1) is 7.33. The molecule has 0 spiro atoms. The Morgan fingerprint density at radius 3 is 2.80 bits per heavy atom. The molecule has 0 amide bonds. The molecule has 0 atom stereocenters. The summed E-state index contributed by atoms with van der Waals surface area (Å²) in [4.78, 5) is 16.6.